The van der Waals surface area contributed by atoms with Crippen LogP contribution in [-0.2, 0) is 7.05 Å². The van der Waals surface area contributed by atoms with Gasteiger partial charge >= 0.3 is 0 Å². The van der Waals surface area contributed by atoms with Gasteiger partial charge in [0.2, 0.25) is 5.95 Å². The summed E-state index contributed by atoms with van der Waals surface area (Å²) in [6, 6.07) is 14.4. The first-order chi connectivity index (χ1) is 11.5. The molecule has 26 heavy (non-hydrogen) atoms. The van der Waals surface area contributed by atoms with Gasteiger partial charge in [-0.05, 0) is 36.4 Å². The quantitative estimate of drug-likeness (QED) is 0.657. The number of nitrogens with zero attached hydrogens (tertiary/aromatic N) is 5. The van der Waals surface area contributed by atoms with Crippen LogP contribution in [0, 0.1) is 5.82 Å². The van der Waals surface area contributed by atoms with Gasteiger partial charge < -0.3 is 9.80 Å². The van der Waals surface area contributed by atoms with Gasteiger partial charge in [-0.1, -0.05) is 12.1 Å². The Bertz CT molecular complexity index is 849. The zero-order chi connectivity index (χ0) is 17.3. The summed E-state index contributed by atoms with van der Waals surface area (Å²) in [4.78, 5) is 3.93. The minimum Gasteiger partial charge on any atom is -0.377 e. The highest BCUT2D eigenvalue weighted by Crippen LogP contribution is 2.31. The number of hydrogen-bond acceptors (Lipinski definition) is 4. The SMILES string of the molecule is CN(C)c1ccccc1-c1nnc(N(C)c2ccc(F)cc2)n1C.Cl.Cl. The predicted molar refractivity (Wildman–Crippen MR) is 110 cm³/mol. The van der Waals surface area contributed by atoms with Gasteiger partial charge in [0, 0.05) is 45.1 Å². The maximum Gasteiger partial charge on any atom is 0.231 e. The second kappa shape index (κ2) is 8.87. The normalized spacial score (nSPS) is 9.88. The zero-order valence-corrected chi connectivity index (χ0v) is 16.7. The molecule has 0 saturated carbocycles. The van der Waals surface area contributed by atoms with Gasteiger partial charge in [-0.15, -0.1) is 35.0 Å². The van der Waals surface area contributed by atoms with Crippen LogP contribution in [0.25, 0.3) is 11.4 Å². The largest absolute Gasteiger partial charge is 0.377 e. The van der Waals surface area contributed by atoms with Crippen LogP contribution < -0.4 is 9.80 Å². The molecule has 0 N–H and O–H groups in total. The van der Waals surface area contributed by atoms with Gasteiger partial charge in [0.1, 0.15) is 5.82 Å². The molecule has 1 aromatic heterocycles. The molecule has 3 aromatic rings. The number of para-hydroxylation sites is 1. The molecule has 1 heterocycles. The summed E-state index contributed by atoms with van der Waals surface area (Å²) in [5, 5.41) is 8.68. The average molecular weight is 398 g/mol. The summed E-state index contributed by atoms with van der Waals surface area (Å²) < 4.78 is 15.1. The molecular formula is C18H22Cl2FN5. The maximum atomic E-state index is 13.1. The Morgan fingerprint density at radius 3 is 2.12 bits per heavy atom. The number of halogens is 3. The lowest BCUT2D eigenvalue weighted by atomic mass is 10.1. The van der Waals surface area contributed by atoms with E-state index in [9.17, 15) is 4.39 Å². The van der Waals surface area contributed by atoms with Crippen molar-refractivity contribution in [2.45, 2.75) is 0 Å². The third-order valence-corrected chi connectivity index (χ3v) is 3.99. The van der Waals surface area contributed by atoms with E-state index in [1.807, 2.05) is 66.8 Å². The standard InChI is InChI=1S/C18H20FN5.2ClH/c1-22(2)16-8-6-5-7-15(16)17-20-21-18(24(17)4)23(3)14-11-9-13(19)10-12-14;;/h5-12H,1-4H3;2*1H. The van der Waals surface area contributed by atoms with Crippen LogP contribution in [0.3, 0.4) is 0 Å². The monoisotopic (exact) mass is 397 g/mol. The lowest BCUT2D eigenvalue weighted by molar-refractivity contribution is 0.628. The summed E-state index contributed by atoms with van der Waals surface area (Å²) in [6.07, 6.45) is 0. The topological polar surface area (TPSA) is 37.2 Å². The Hall–Kier alpha value is -2.31. The highest BCUT2D eigenvalue weighted by atomic mass is 35.5. The van der Waals surface area contributed by atoms with Gasteiger partial charge in [0.25, 0.3) is 0 Å². The fourth-order valence-electron chi connectivity index (χ4n) is 2.68. The van der Waals surface area contributed by atoms with Gasteiger partial charge in [0.05, 0.1) is 0 Å². The Labute approximate surface area is 165 Å². The molecular weight excluding hydrogens is 376 g/mol. The summed E-state index contributed by atoms with van der Waals surface area (Å²) in [6.45, 7) is 0. The molecule has 0 amide bonds. The second-order valence-electron chi connectivity index (χ2n) is 5.83. The Morgan fingerprint density at radius 1 is 0.885 bits per heavy atom. The van der Waals surface area contributed by atoms with Crippen molar-refractivity contribution in [3.63, 3.8) is 0 Å². The lowest BCUT2D eigenvalue weighted by Crippen LogP contribution is -2.15. The third-order valence-electron chi connectivity index (χ3n) is 3.99. The van der Waals surface area contributed by atoms with Crippen molar-refractivity contribution in [2.75, 3.05) is 30.9 Å². The number of aromatic nitrogens is 3. The Kier molecular flexibility index (Phi) is 7.41. The lowest BCUT2D eigenvalue weighted by Gasteiger charge is -2.19. The van der Waals surface area contributed by atoms with E-state index in [0.29, 0.717) is 5.95 Å². The summed E-state index contributed by atoms with van der Waals surface area (Å²) >= 11 is 0. The molecule has 5 nitrogen and oxygen atoms in total. The number of rotatable bonds is 4. The van der Waals surface area contributed by atoms with Crippen molar-refractivity contribution >= 4 is 42.1 Å². The fraction of sp³-hybridized carbons (Fsp3) is 0.222. The van der Waals surface area contributed by atoms with Crippen LogP contribution in [0.1, 0.15) is 0 Å². The summed E-state index contributed by atoms with van der Waals surface area (Å²) in [5.41, 5.74) is 2.93. The molecule has 0 aliphatic heterocycles. The molecule has 0 unspecified atom stereocenters. The molecule has 140 valence electrons. The minimum atomic E-state index is -0.259. The molecule has 0 spiro atoms. The first kappa shape index (κ1) is 21.7. The summed E-state index contributed by atoms with van der Waals surface area (Å²) in [5.74, 6) is 1.21. The van der Waals surface area contributed by atoms with Crippen LogP contribution in [0.4, 0.5) is 21.7 Å². The van der Waals surface area contributed by atoms with Crippen molar-refractivity contribution < 1.29 is 4.39 Å². The van der Waals surface area contributed by atoms with Crippen molar-refractivity contribution in [1.29, 1.82) is 0 Å². The minimum absolute atomic E-state index is 0. The zero-order valence-electron chi connectivity index (χ0n) is 15.0. The van der Waals surface area contributed by atoms with E-state index in [2.05, 4.69) is 10.2 Å². The van der Waals surface area contributed by atoms with E-state index >= 15 is 0 Å². The Balaban J connectivity index is 0.00000169. The van der Waals surface area contributed by atoms with Crippen LogP contribution >= 0.6 is 24.8 Å². The van der Waals surface area contributed by atoms with Crippen LogP contribution in [-0.4, -0.2) is 35.9 Å². The maximum absolute atomic E-state index is 13.1. The molecule has 0 saturated heterocycles. The van der Waals surface area contributed by atoms with Crippen molar-refractivity contribution in [3.05, 3.63) is 54.3 Å². The van der Waals surface area contributed by atoms with Gasteiger partial charge in [-0.25, -0.2) is 4.39 Å². The number of hydrogen-bond donors (Lipinski definition) is 0. The van der Waals surface area contributed by atoms with E-state index in [0.717, 1.165) is 22.8 Å². The third kappa shape index (κ3) is 4.08. The van der Waals surface area contributed by atoms with E-state index < -0.39 is 0 Å². The van der Waals surface area contributed by atoms with Crippen molar-refractivity contribution in [3.8, 4) is 11.4 Å². The molecule has 0 atom stereocenters. The van der Waals surface area contributed by atoms with Crippen LogP contribution in [0.2, 0.25) is 0 Å². The molecule has 8 heteroatoms. The van der Waals surface area contributed by atoms with Crippen LogP contribution in [0.15, 0.2) is 48.5 Å². The number of benzene rings is 2. The molecule has 2 aromatic carbocycles. The van der Waals surface area contributed by atoms with Gasteiger partial charge in [-0.2, -0.15) is 0 Å². The highest BCUT2D eigenvalue weighted by molar-refractivity contribution is 5.85. The average Bonchev–Trinajstić information content (AvgIpc) is 2.96. The predicted octanol–water partition coefficient (Wildman–Crippen LogP) is 4.30. The first-order valence-electron chi connectivity index (χ1n) is 7.64. The molecule has 0 fully saturated rings. The van der Waals surface area contributed by atoms with Gasteiger partial charge in [-0.3, -0.25) is 4.57 Å². The first-order valence-corrected chi connectivity index (χ1v) is 7.64. The van der Waals surface area contributed by atoms with E-state index in [1.54, 1.807) is 12.1 Å². The van der Waals surface area contributed by atoms with E-state index in [4.69, 9.17) is 0 Å². The van der Waals surface area contributed by atoms with Crippen molar-refractivity contribution in [1.82, 2.24) is 14.8 Å². The number of anilines is 3. The molecule has 0 radical (unpaired) electrons. The van der Waals surface area contributed by atoms with Crippen molar-refractivity contribution in [2.24, 2.45) is 7.05 Å². The molecule has 0 bridgehead atoms. The smallest absolute Gasteiger partial charge is 0.231 e. The van der Waals surface area contributed by atoms with E-state index in [1.165, 1.54) is 12.1 Å². The fourth-order valence-corrected chi connectivity index (χ4v) is 2.68. The van der Waals surface area contributed by atoms with Crippen LogP contribution in [0.5, 0.6) is 0 Å². The molecule has 3 rings (SSSR count). The van der Waals surface area contributed by atoms with E-state index in [-0.39, 0.29) is 30.6 Å². The second-order valence-corrected chi connectivity index (χ2v) is 5.83. The highest BCUT2D eigenvalue weighted by Gasteiger charge is 2.18. The Morgan fingerprint density at radius 2 is 1.50 bits per heavy atom. The van der Waals surface area contributed by atoms with Gasteiger partial charge in [0.15, 0.2) is 5.82 Å². The summed E-state index contributed by atoms with van der Waals surface area (Å²) in [7, 11) is 7.82. The molecule has 0 aliphatic rings. The molecule has 0 aliphatic carbocycles.